The van der Waals surface area contributed by atoms with E-state index in [0.717, 1.165) is 43.9 Å². The van der Waals surface area contributed by atoms with Gasteiger partial charge in [-0.2, -0.15) is 5.10 Å². The number of hydrogen-bond donors (Lipinski definition) is 1. The van der Waals surface area contributed by atoms with Crippen LogP contribution in [-0.4, -0.2) is 44.7 Å². The number of likely N-dealkylation sites (tertiary alicyclic amines) is 1. The molecule has 24 heavy (non-hydrogen) atoms. The molecule has 1 aliphatic heterocycles. The van der Waals surface area contributed by atoms with E-state index in [4.69, 9.17) is 5.73 Å². The van der Waals surface area contributed by atoms with Crippen molar-refractivity contribution in [3.63, 3.8) is 0 Å². The molecule has 0 saturated carbocycles. The Labute approximate surface area is 142 Å². The van der Waals surface area contributed by atoms with Crippen LogP contribution in [0.4, 0.5) is 0 Å². The van der Waals surface area contributed by atoms with E-state index in [1.54, 1.807) is 17.1 Å². The summed E-state index contributed by atoms with van der Waals surface area (Å²) in [6, 6.07) is 5.80. The molecule has 1 saturated heterocycles. The average Bonchev–Trinajstić information content (AvgIpc) is 3.05. The van der Waals surface area contributed by atoms with Gasteiger partial charge in [-0.1, -0.05) is 13.0 Å². The van der Waals surface area contributed by atoms with Crippen LogP contribution in [0.3, 0.4) is 0 Å². The maximum absolute atomic E-state index is 13.0. The summed E-state index contributed by atoms with van der Waals surface area (Å²) < 4.78 is 1.76. The van der Waals surface area contributed by atoms with E-state index in [2.05, 4.69) is 10.1 Å². The molecule has 6 nitrogen and oxygen atoms in total. The van der Waals surface area contributed by atoms with Crippen molar-refractivity contribution in [1.82, 2.24) is 19.7 Å². The molecule has 6 heteroatoms. The van der Waals surface area contributed by atoms with Gasteiger partial charge >= 0.3 is 0 Å². The fraction of sp³-hybridized carbons (Fsp3) is 0.500. The zero-order valence-corrected chi connectivity index (χ0v) is 14.4. The van der Waals surface area contributed by atoms with E-state index < -0.39 is 0 Å². The number of piperidine rings is 1. The Balaban J connectivity index is 1.87. The van der Waals surface area contributed by atoms with Gasteiger partial charge in [0.1, 0.15) is 0 Å². The van der Waals surface area contributed by atoms with Gasteiger partial charge in [0.05, 0.1) is 17.5 Å². The number of pyridine rings is 1. The highest BCUT2D eigenvalue weighted by Crippen LogP contribution is 2.22. The summed E-state index contributed by atoms with van der Waals surface area (Å²) in [5, 5.41) is 4.41. The molecular formula is C18H25N5O. The normalized spacial score (nSPS) is 19.3. The summed E-state index contributed by atoms with van der Waals surface area (Å²) in [4.78, 5) is 19.3. The first kappa shape index (κ1) is 16.6. The van der Waals surface area contributed by atoms with Crippen molar-refractivity contribution in [2.45, 2.75) is 39.2 Å². The van der Waals surface area contributed by atoms with Crippen LogP contribution in [0.2, 0.25) is 0 Å². The minimum atomic E-state index is 0.0550. The first-order valence-electron chi connectivity index (χ1n) is 8.65. The van der Waals surface area contributed by atoms with Crippen LogP contribution in [0.15, 0.2) is 30.6 Å². The maximum atomic E-state index is 13.0. The first-order chi connectivity index (χ1) is 11.6. The molecule has 0 aromatic carbocycles. The van der Waals surface area contributed by atoms with Gasteiger partial charge in [-0.05, 0) is 44.2 Å². The largest absolute Gasteiger partial charge is 0.338 e. The summed E-state index contributed by atoms with van der Waals surface area (Å²) in [7, 11) is 0. The lowest BCUT2D eigenvalue weighted by molar-refractivity contribution is 0.0660. The van der Waals surface area contributed by atoms with Gasteiger partial charge in [-0.3, -0.25) is 4.79 Å². The topological polar surface area (TPSA) is 77.0 Å². The lowest BCUT2D eigenvalue weighted by Gasteiger charge is -2.34. The standard InChI is InChI=1S/C18H25N5O/c1-3-16-15(11-21-23(16)17-8-4-5-9-20-17)18(24)22-10-6-7-14(12-22)13(2)19/h4-5,8-9,11,13-14H,3,6-7,10,12,19H2,1-2H3/t13-,14-/m0/s1. The quantitative estimate of drug-likeness (QED) is 0.932. The Morgan fingerprint density at radius 3 is 2.96 bits per heavy atom. The van der Waals surface area contributed by atoms with Crippen molar-refractivity contribution < 1.29 is 4.79 Å². The van der Waals surface area contributed by atoms with Crippen LogP contribution < -0.4 is 5.73 Å². The molecule has 2 N–H and O–H groups in total. The number of rotatable bonds is 4. The SMILES string of the molecule is CCc1c(C(=O)N2CCC[C@H]([C@H](C)N)C2)cnn1-c1ccccn1. The van der Waals surface area contributed by atoms with Gasteiger partial charge < -0.3 is 10.6 Å². The molecule has 1 amide bonds. The van der Waals surface area contributed by atoms with Crippen molar-refractivity contribution in [3.05, 3.63) is 41.9 Å². The van der Waals surface area contributed by atoms with E-state index in [0.29, 0.717) is 11.5 Å². The van der Waals surface area contributed by atoms with Crippen molar-refractivity contribution in [2.75, 3.05) is 13.1 Å². The molecule has 1 aliphatic rings. The van der Waals surface area contributed by atoms with Gasteiger partial charge in [0, 0.05) is 25.3 Å². The van der Waals surface area contributed by atoms with Crippen LogP contribution in [0, 0.1) is 5.92 Å². The Hall–Kier alpha value is -2.21. The Morgan fingerprint density at radius 1 is 1.46 bits per heavy atom. The highest BCUT2D eigenvalue weighted by Gasteiger charge is 2.28. The second-order valence-electron chi connectivity index (χ2n) is 6.47. The van der Waals surface area contributed by atoms with Gasteiger partial charge in [-0.25, -0.2) is 9.67 Å². The summed E-state index contributed by atoms with van der Waals surface area (Å²) in [6.45, 7) is 5.58. The molecule has 1 fully saturated rings. The van der Waals surface area contributed by atoms with Crippen molar-refractivity contribution in [3.8, 4) is 5.82 Å². The summed E-state index contributed by atoms with van der Waals surface area (Å²) in [5.41, 5.74) is 7.62. The van der Waals surface area contributed by atoms with Gasteiger partial charge in [0.15, 0.2) is 5.82 Å². The monoisotopic (exact) mass is 327 g/mol. The first-order valence-corrected chi connectivity index (χ1v) is 8.65. The second-order valence-corrected chi connectivity index (χ2v) is 6.47. The smallest absolute Gasteiger partial charge is 0.257 e. The molecule has 2 aromatic rings. The third-order valence-corrected chi connectivity index (χ3v) is 4.79. The third kappa shape index (κ3) is 3.19. The summed E-state index contributed by atoms with van der Waals surface area (Å²) in [5.74, 6) is 1.17. The predicted molar refractivity (Wildman–Crippen MR) is 93.0 cm³/mol. The van der Waals surface area contributed by atoms with E-state index in [1.807, 2.05) is 36.9 Å². The van der Waals surface area contributed by atoms with Crippen LogP contribution in [0.25, 0.3) is 5.82 Å². The molecule has 2 atom stereocenters. The lowest BCUT2D eigenvalue weighted by atomic mass is 9.92. The maximum Gasteiger partial charge on any atom is 0.257 e. The highest BCUT2D eigenvalue weighted by molar-refractivity contribution is 5.95. The molecular weight excluding hydrogens is 302 g/mol. The molecule has 0 unspecified atom stereocenters. The number of carbonyl (C=O) groups excluding carboxylic acids is 1. The number of amides is 1. The molecule has 128 valence electrons. The lowest BCUT2D eigenvalue weighted by Crippen LogP contribution is -2.45. The number of hydrogen-bond acceptors (Lipinski definition) is 4. The van der Waals surface area contributed by atoms with Gasteiger partial charge in [-0.15, -0.1) is 0 Å². The predicted octanol–water partition coefficient (Wildman–Crippen LogP) is 2.03. The van der Waals surface area contributed by atoms with E-state index in [9.17, 15) is 4.79 Å². The molecule has 3 rings (SSSR count). The van der Waals surface area contributed by atoms with E-state index >= 15 is 0 Å². The van der Waals surface area contributed by atoms with Crippen LogP contribution >= 0.6 is 0 Å². The van der Waals surface area contributed by atoms with E-state index in [-0.39, 0.29) is 11.9 Å². The number of aromatic nitrogens is 3. The molecule has 3 heterocycles. The number of nitrogens with zero attached hydrogens (tertiary/aromatic N) is 4. The van der Waals surface area contributed by atoms with Crippen molar-refractivity contribution in [1.29, 1.82) is 0 Å². The van der Waals surface area contributed by atoms with Gasteiger partial charge in [0.25, 0.3) is 5.91 Å². The third-order valence-electron chi connectivity index (χ3n) is 4.79. The molecule has 0 bridgehead atoms. The molecule has 0 radical (unpaired) electrons. The Morgan fingerprint density at radius 2 is 2.29 bits per heavy atom. The van der Waals surface area contributed by atoms with Gasteiger partial charge in [0.2, 0.25) is 0 Å². The average molecular weight is 327 g/mol. The summed E-state index contributed by atoms with van der Waals surface area (Å²) >= 11 is 0. The van der Waals surface area contributed by atoms with Crippen LogP contribution in [0.5, 0.6) is 0 Å². The minimum absolute atomic E-state index is 0.0550. The fourth-order valence-corrected chi connectivity index (χ4v) is 3.36. The molecule has 0 spiro atoms. The second kappa shape index (κ2) is 7.13. The number of nitrogens with two attached hydrogens (primary N) is 1. The summed E-state index contributed by atoms with van der Waals surface area (Å²) in [6.07, 6.45) is 6.23. The molecule has 0 aliphatic carbocycles. The molecule has 2 aromatic heterocycles. The highest BCUT2D eigenvalue weighted by atomic mass is 16.2. The van der Waals surface area contributed by atoms with Crippen LogP contribution in [0.1, 0.15) is 42.7 Å². The van der Waals surface area contributed by atoms with Crippen molar-refractivity contribution in [2.24, 2.45) is 11.7 Å². The zero-order valence-electron chi connectivity index (χ0n) is 14.4. The zero-order chi connectivity index (χ0) is 17.1. The fourth-order valence-electron chi connectivity index (χ4n) is 3.36. The number of carbonyl (C=O) groups is 1. The Bertz CT molecular complexity index is 695. The van der Waals surface area contributed by atoms with Crippen molar-refractivity contribution >= 4 is 5.91 Å². The van der Waals surface area contributed by atoms with Crippen LogP contribution in [-0.2, 0) is 6.42 Å². The minimum Gasteiger partial charge on any atom is -0.338 e. The van der Waals surface area contributed by atoms with E-state index in [1.165, 1.54) is 0 Å². The Kier molecular flexibility index (Phi) is 4.94.